The average molecular weight is 292 g/mol. The minimum atomic E-state index is -0.256. The number of unbranched alkanes of at least 4 members (excludes halogenated alkanes) is 1. The number of carbonyl (C=O) groups excluding carboxylic acids is 1. The lowest BCUT2D eigenvalue weighted by Crippen LogP contribution is -2.12. The Morgan fingerprint density at radius 1 is 1.29 bits per heavy atom. The molecule has 0 saturated heterocycles. The van der Waals surface area contributed by atoms with E-state index in [9.17, 15) is 4.79 Å². The van der Waals surface area contributed by atoms with Gasteiger partial charge < -0.3 is 20.9 Å². The smallest absolute Gasteiger partial charge is 0.217 e. The van der Waals surface area contributed by atoms with Crippen molar-refractivity contribution in [2.75, 3.05) is 13.2 Å². The van der Waals surface area contributed by atoms with Gasteiger partial charge in [-0.3, -0.25) is 4.79 Å². The number of fused-ring (bicyclic) bond motifs is 1. The number of hydrogen-bond acceptors (Lipinski definition) is 4. The van der Waals surface area contributed by atoms with Crippen LogP contribution in [0, 0.1) is 5.92 Å². The van der Waals surface area contributed by atoms with Gasteiger partial charge in [0.15, 0.2) is 11.5 Å². The molecule has 1 aromatic carbocycles. The highest BCUT2D eigenvalue weighted by Crippen LogP contribution is 2.33. The quantitative estimate of drug-likeness (QED) is 0.786. The van der Waals surface area contributed by atoms with Crippen LogP contribution in [0.25, 0.3) is 0 Å². The normalized spacial score (nSPS) is 18.9. The Labute approximate surface area is 125 Å². The van der Waals surface area contributed by atoms with Crippen LogP contribution < -0.4 is 20.9 Å². The largest absolute Gasteiger partial charge is 0.489 e. The molecule has 21 heavy (non-hydrogen) atoms. The average Bonchev–Trinajstić information content (AvgIpc) is 2.65. The Morgan fingerprint density at radius 3 is 2.71 bits per heavy atom. The van der Waals surface area contributed by atoms with Gasteiger partial charge in [0, 0.05) is 18.4 Å². The molecule has 1 aliphatic rings. The molecule has 0 aromatic heterocycles. The molecule has 0 fully saturated rings. The van der Waals surface area contributed by atoms with E-state index in [4.69, 9.17) is 20.9 Å². The molecular formula is C16H24N2O3. The monoisotopic (exact) mass is 292 g/mol. The van der Waals surface area contributed by atoms with Gasteiger partial charge in [0.1, 0.15) is 0 Å². The number of amides is 1. The van der Waals surface area contributed by atoms with E-state index in [0.717, 1.165) is 36.3 Å². The fourth-order valence-corrected chi connectivity index (χ4v) is 2.33. The maximum atomic E-state index is 10.7. The maximum Gasteiger partial charge on any atom is 0.217 e. The minimum Gasteiger partial charge on any atom is -0.489 e. The van der Waals surface area contributed by atoms with Gasteiger partial charge in [0.25, 0.3) is 0 Å². The van der Waals surface area contributed by atoms with Crippen LogP contribution in [0.2, 0.25) is 0 Å². The van der Waals surface area contributed by atoms with E-state index in [2.05, 4.69) is 6.92 Å². The van der Waals surface area contributed by atoms with Crippen molar-refractivity contribution in [3.05, 3.63) is 23.8 Å². The van der Waals surface area contributed by atoms with Gasteiger partial charge in [-0.25, -0.2) is 0 Å². The molecule has 0 aliphatic carbocycles. The lowest BCUT2D eigenvalue weighted by molar-refractivity contribution is -0.118. The van der Waals surface area contributed by atoms with E-state index >= 15 is 0 Å². The second-order valence-corrected chi connectivity index (χ2v) is 5.75. The first-order valence-corrected chi connectivity index (χ1v) is 7.49. The van der Waals surface area contributed by atoms with Gasteiger partial charge >= 0.3 is 0 Å². The van der Waals surface area contributed by atoms with Crippen molar-refractivity contribution < 1.29 is 14.3 Å². The predicted molar refractivity (Wildman–Crippen MR) is 81.2 cm³/mol. The van der Waals surface area contributed by atoms with Gasteiger partial charge in [-0.05, 0) is 30.5 Å². The molecule has 4 N–H and O–H groups in total. The molecule has 2 unspecified atom stereocenters. The Kier molecular flexibility index (Phi) is 5.44. The molecule has 2 rings (SSSR count). The number of hydrogen-bond donors (Lipinski definition) is 2. The molecule has 116 valence electrons. The summed E-state index contributed by atoms with van der Waals surface area (Å²) in [4.78, 5) is 10.7. The highest BCUT2D eigenvalue weighted by molar-refractivity contribution is 5.73. The Balaban J connectivity index is 1.93. The van der Waals surface area contributed by atoms with Crippen molar-refractivity contribution in [3.8, 4) is 11.5 Å². The topological polar surface area (TPSA) is 87.6 Å². The van der Waals surface area contributed by atoms with Crippen LogP contribution in [0.1, 0.15) is 44.2 Å². The zero-order chi connectivity index (χ0) is 15.2. The van der Waals surface area contributed by atoms with Gasteiger partial charge in [-0.2, -0.15) is 0 Å². The van der Waals surface area contributed by atoms with Gasteiger partial charge in [-0.1, -0.05) is 19.4 Å². The molecule has 0 saturated carbocycles. The number of rotatable bonds is 6. The molecule has 5 nitrogen and oxygen atoms in total. The molecule has 0 radical (unpaired) electrons. The van der Waals surface area contributed by atoms with Crippen LogP contribution in [0.4, 0.5) is 0 Å². The lowest BCUT2D eigenvalue weighted by Gasteiger charge is -2.14. The molecule has 1 heterocycles. The first kappa shape index (κ1) is 15.6. The third kappa shape index (κ3) is 4.63. The van der Waals surface area contributed by atoms with Crippen LogP contribution in [0.15, 0.2) is 18.2 Å². The fourth-order valence-electron chi connectivity index (χ4n) is 2.33. The van der Waals surface area contributed by atoms with E-state index in [1.165, 1.54) is 0 Å². The number of primary amides is 1. The van der Waals surface area contributed by atoms with Gasteiger partial charge in [0.05, 0.1) is 13.2 Å². The second-order valence-electron chi connectivity index (χ2n) is 5.75. The van der Waals surface area contributed by atoms with Crippen molar-refractivity contribution in [1.82, 2.24) is 0 Å². The molecule has 1 amide bonds. The van der Waals surface area contributed by atoms with Crippen molar-refractivity contribution in [1.29, 1.82) is 0 Å². The Bertz CT molecular complexity index is 490. The fraction of sp³-hybridized carbons (Fsp3) is 0.562. The maximum absolute atomic E-state index is 10.7. The summed E-state index contributed by atoms with van der Waals surface area (Å²) in [5.41, 5.74) is 12.4. The summed E-state index contributed by atoms with van der Waals surface area (Å²) in [5.74, 6) is 1.67. The zero-order valence-corrected chi connectivity index (χ0v) is 12.5. The van der Waals surface area contributed by atoms with Crippen LogP contribution in [-0.2, 0) is 4.79 Å². The highest BCUT2D eigenvalue weighted by atomic mass is 16.5. The molecule has 2 atom stereocenters. The Hall–Kier alpha value is -1.75. The van der Waals surface area contributed by atoms with E-state index in [0.29, 0.717) is 25.6 Å². The summed E-state index contributed by atoms with van der Waals surface area (Å²) in [5, 5.41) is 0. The third-order valence-electron chi connectivity index (χ3n) is 3.63. The minimum absolute atomic E-state index is 0.0625. The molecule has 1 aliphatic heterocycles. The number of ether oxygens (including phenoxy) is 2. The first-order chi connectivity index (χ1) is 10.1. The molecule has 5 heteroatoms. The van der Waals surface area contributed by atoms with E-state index < -0.39 is 0 Å². The predicted octanol–water partition coefficient (Wildman–Crippen LogP) is 2.14. The zero-order valence-electron chi connectivity index (χ0n) is 12.5. The molecule has 0 bridgehead atoms. The van der Waals surface area contributed by atoms with Gasteiger partial charge in [0.2, 0.25) is 5.91 Å². The Morgan fingerprint density at radius 2 is 2.00 bits per heavy atom. The summed E-state index contributed by atoms with van der Waals surface area (Å²) in [6.07, 6.45) is 2.91. The van der Waals surface area contributed by atoms with Crippen molar-refractivity contribution in [2.45, 2.75) is 38.6 Å². The molecular weight excluding hydrogens is 268 g/mol. The van der Waals surface area contributed by atoms with Gasteiger partial charge in [-0.15, -0.1) is 0 Å². The van der Waals surface area contributed by atoms with E-state index in [1.807, 2.05) is 18.2 Å². The summed E-state index contributed by atoms with van der Waals surface area (Å²) < 4.78 is 11.5. The number of carbonyl (C=O) groups is 1. The SMILES string of the molecule is CC1COc2ccc(C(N)CCCCC(N)=O)cc2OC1. The summed E-state index contributed by atoms with van der Waals surface area (Å²) in [6, 6.07) is 5.81. The van der Waals surface area contributed by atoms with E-state index in [1.54, 1.807) is 0 Å². The van der Waals surface area contributed by atoms with Crippen molar-refractivity contribution >= 4 is 5.91 Å². The molecule has 1 aromatic rings. The standard InChI is InChI=1S/C16H24N2O3/c1-11-9-20-14-7-6-12(8-15(14)21-10-11)13(17)4-2-3-5-16(18)19/h6-8,11,13H,2-5,9-10,17H2,1H3,(H2,18,19). The third-order valence-corrected chi connectivity index (χ3v) is 3.63. The van der Waals surface area contributed by atoms with Crippen LogP contribution >= 0.6 is 0 Å². The molecule has 0 spiro atoms. The van der Waals surface area contributed by atoms with Crippen molar-refractivity contribution in [2.24, 2.45) is 17.4 Å². The lowest BCUT2D eigenvalue weighted by atomic mass is 10.0. The number of benzene rings is 1. The number of nitrogens with two attached hydrogens (primary N) is 2. The second kappa shape index (κ2) is 7.31. The highest BCUT2D eigenvalue weighted by Gasteiger charge is 2.16. The first-order valence-electron chi connectivity index (χ1n) is 7.49. The summed E-state index contributed by atoms with van der Waals surface area (Å²) in [7, 11) is 0. The van der Waals surface area contributed by atoms with Crippen LogP contribution in [0.3, 0.4) is 0 Å². The van der Waals surface area contributed by atoms with Crippen LogP contribution in [-0.4, -0.2) is 19.1 Å². The van der Waals surface area contributed by atoms with E-state index in [-0.39, 0.29) is 11.9 Å². The summed E-state index contributed by atoms with van der Waals surface area (Å²) in [6.45, 7) is 3.42. The van der Waals surface area contributed by atoms with Crippen LogP contribution in [0.5, 0.6) is 11.5 Å². The van der Waals surface area contributed by atoms with Crippen molar-refractivity contribution in [3.63, 3.8) is 0 Å². The summed E-state index contributed by atoms with van der Waals surface area (Å²) >= 11 is 0.